The van der Waals surface area contributed by atoms with E-state index in [9.17, 15) is 14.5 Å². The minimum absolute atomic E-state index is 0.0726. The van der Waals surface area contributed by atoms with Gasteiger partial charge in [-0.05, 0) is 39.7 Å². The second-order valence-corrected chi connectivity index (χ2v) is 4.87. The molecule has 0 saturated heterocycles. The molecule has 2 N–H and O–H groups in total. The fourth-order valence-electron chi connectivity index (χ4n) is 1.59. The lowest BCUT2D eigenvalue weighted by molar-refractivity contribution is -0.384. The van der Waals surface area contributed by atoms with Crippen LogP contribution in [0.15, 0.2) is 40.9 Å². The highest BCUT2D eigenvalue weighted by Gasteiger charge is 2.12. The Kier molecular flexibility index (Phi) is 4.19. The molecular formula is C13H10BrFN2O3. The summed E-state index contributed by atoms with van der Waals surface area (Å²) >= 11 is 3.23. The summed E-state index contributed by atoms with van der Waals surface area (Å²) < 4.78 is 19.1. The van der Waals surface area contributed by atoms with Gasteiger partial charge in [0.05, 0.1) is 9.40 Å². The predicted octanol–water partition coefficient (Wildman–Crippen LogP) is 3.66. The summed E-state index contributed by atoms with van der Waals surface area (Å²) in [4.78, 5) is 10.2. The van der Waals surface area contributed by atoms with Crippen molar-refractivity contribution in [1.82, 2.24) is 0 Å². The molecule has 7 heteroatoms. The molecule has 0 heterocycles. The molecule has 0 unspecified atom stereocenters. The number of benzene rings is 2. The molecule has 0 fully saturated rings. The fourth-order valence-corrected chi connectivity index (χ4v) is 1.95. The molecule has 0 aliphatic carbocycles. The molecule has 0 radical (unpaired) electrons. The van der Waals surface area contributed by atoms with Gasteiger partial charge in [0, 0.05) is 12.1 Å². The molecule has 0 aromatic heterocycles. The molecule has 0 atom stereocenters. The highest BCUT2D eigenvalue weighted by Crippen LogP contribution is 2.27. The largest absolute Gasteiger partial charge is 0.488 e. The van der Waals surface area contributed by atoms with Gasteiger partial charge in [0.2, 0.25) is 0 Å². The zero-order chi connectivity index (χ0) is 14.7. The lowest BCUT2D eigenvalue weighted by Crippen LogP contribution is -2.00. The van der Waals surface area contributed by atoms with Gasteiger partial charge in [0.1, 0.15) is 23.9 Å². The Morgan fingerprint density at radius 2 is 2.05 bits per heavy atom. The molecule has 5 nitrogen and oxygen atoms in total. The maximum atomic E-state index is 13.1. The Morgan fingerprint density at radius 1 is 1.30 bits per heavy atom. The van der Waals surface area contributed by atoms with Crippen molar-refractivity contribution in [2.45, 2.75) is 6.61 Å². The van der Waals surface area contributed by atoms with Crippen LogP contribution in [-0.2, 0) is 6.61 Å². The summed E-state index contributed by atoms with van der Waals surface area (Å²) in [5.74, 6) is -0.101. The number of hydrogen-bond donors (Lipinski definition) is 1. The van der Waals surface area contributed by atoms with Crippen molar-refractivity contribution in [3.63, 3.8) is 0 Å². The number of nitrogen functional groups attached to an aromatic ring is 1. The lowest BCUT2D eigenvalue weighted by atomic mass is 10.2. The van der Waals surface area contributed by atoms with Gasteiger partial charge in [0.25, 0.3) is 5.69 Å². The van der Waals surface area contributed by atoms with E-state index in [4.69, 9.17) is 10.5 Å². The first-order valence-corrected chi connectivity index (χ1v) is 6.37. The van der Waals surface area contributed by atoms with Crippen LogP contribution in [-0.4, -0.2) is 4.92 Å². The molecule has 0 aliphatic heterocycles. The topological polar surface area (TPSA) is 78.4 Å². The van der Waals surface area contributed by atoms with Crippen LogP contribution >= 0.6 is 15.9 Å². The Hall–Kier alpha value is -2.15. The lowest BCUT2D eigenvalue weighted by Gasteiger charge is -2.08. The van der Waals surface area contributed by atoms with Crippen molar-refractivity contribution in [3.8, 4) is 5.75 Å². The van der Waals surface area contributed by atoms with Gasteiger partial charge in [-0.1, -0.05) is 6.07 Å². The van der Waals surface area contributed by atoms with Gasteiger partial charge in [-0.2, -0.15) is 0 Å². The van der Waals surface area contributed by atoms with Crippen LogP contribution in [0.1, 0.15) is 5.56 Å². The Bertz CT molecular complexity index is 664. The Morgan fingerprint density at radius 3 is 2.75 bits per heavy atom. The quantitative estimate of drug-likeness (QED) is 0.523. The van der Waals surface area contributed by atoms with E-state index < -0.39 is 10.7 Å². The number of nitro benzene ring substituents is 1. The number of nitro groups is 1. The standard InChI is InChI=1S/C13H10BrFN2O3/c14-10-3-2-9(15)6-13(10)20-7-8-1-4-11(16)12(5-8)17(18)19/h1-6H,7,16H2. The first kappa shape index (κ1) is 14.3. The van der Waals surface area contributed by atoms with E-state index >= 15 is 0 Å². The minimum atomic E-state index is -0.559. The third-order valence-electron chi connectivity index (χ3n) is 2.58. The Labute approximate surface area is 122 Å². The van der Waals surface area contributed by atoms with Crippen molar-refractivity contribution in [3.05, 3.63) is 62.4 Å². The highest BCUT2D eigenvalue weighted by molar-refractivity contribution is 9.10. The molecule has 2 aromatic carbocycles. The van der Waals surface area contributed by atoms with Crippen LogP contribution in [0.2, 0.25) is 0 Å². The van der Waals surface area contributed by atoms with E-state index in [2.05, 4.69) is 15.9 Å². The minimum Gasteiger partial charge on any atom is -0.488 e. The summed E-state index contributed by atoms with van der Waals surface area (Å²) in [7, 11) is 0. The predicted molar refractivity (Wildman–Crippen MR) is 75.9 cm³/mol. The van der Waals surface area contributed by atoms with E-state index in [1.54, 1.807) is 6.07 Å². The van der Waals surface area contributed by atoms with Gasteiger partial charge < -0.3 is 10.5 Å². The van der Waals surface area contributed by atoms with E-state index in [0.29, 0.717) is 15.8 Å². The zero-order valence-corrected chi connectivity index (χ0v) is 11.8. The molecule has 0 spiro atoms. The van der Waals surface area contributed by atoms with Crippen molar-refractivity contribution in [1.29, 1.82) is 0 Å². The van der Waals surface area contributed by atoms with Crippen molar-refractivity contribution < 1.29 is 14.1 Å². The van der Waals surface area contributed by atoms with E-state index in [-0.39, 0.29) is 18.0 Å². The molecule has 2 aromatic rings. The van der Waals surface area contributed by atoms with Gasteiger partial charge in [0.15, 0.2) is 0 Å². The third-order valence-corrected chi connectivity index (χ3v) is 3.23. The number of hydrogen-bond acceptors (Lipinski definition) is 4. The summed E-state index contributed by atoms with van der Waals surface area (Å²) in [6.07, 6.45) is 0. The highest BCUT2D eigenvalue weighted by atomic mass is 79.9. The SMILES string of the molecule is Nc1ccc(COc2cc(F)ccc2Br)cc1[N+](=O)[O-]. The molecule has 20 heavy (non-hydrogen) atoms. The van der Waals surface area contributed by atoms with E-state index in [0.717, 1.165) is 0 Å². The first-order valence-electron chi connectivity index (χ1n) is 5.58. The summed E-state index contributed by atoms with van der Waals surface area (Å²) in [5.41, 5.74) is 5.99. The summed E-state index contributed by atoms with van der Waals surface area (Å²) in [6, 6.07) is 8.45. The molecule has 2 rings (SSSR count). The fraction of sp³-hybridized carbons (Fsp3) is 0.0769. The molecule has 104 valence electrons. The van der Waals surface area contributed by atoms with Gasteiger partial charge in [-0.3, -0.25) is 10.1 Å². The number of anilines is 1. The van der Waals surface area contributed by atoms with E-state index in [1.165, 1.54) is 30.3 Å². The molecular weight excluding hydrogens is 331 g/mol. The number of nitrogens with two attached hydrogens (primary N) is 1. The van der Waals surface area contributed by atoms with Crippen LogP contribution in [0.3, 0.4) is 0 Å². The number of nitrogens with zero attached hydrogens (tertiary/aromatic N) is 1. The second-order valence-electron chi connectivity index (χ2n) is 4.01. The van der Waals surface area contributed by atoms with Crippen molar-refractivity contribution in [2.75, 3.05) is 5.73 Å². The normalized spacial score (nSPS) is 10.3. The average molecular weight is 341 g/mol. The summed E-state index contributed by atoms with van der Waals surface area (Å²) in [6.45, 7) is 0.0726. The van der Waals surface area contributed by atoms with Crippen molar-refractivity contribution >= 4 is 27.3 Å². The molecule has 0 amide bonds. The van der Waals surface area contributed by atoms with Crippen LogP contribution in [0.25, 0.3) is 0 Å². The second kappa shape index (κ2) is 5.87. The van der Waals surface area contributed by atoms with Crippen LogP contribution in [0.4, 0.5) is 15.8 Å². The molecule has 0 bridgehead atoms. The monoisotopic (exact) mass is 340 g/mol. The third kappa shape index (κ3) is 3.24. The van der Waals surface area contributed by atoms with Crippen LogP contribution in [0.5, 0.6) is 5.75 Å². The first-order chi connectivity index (χ1) is 9.47. The molecule has 0 aliphatic rings. The number of ether oxygens (including phenoxy) is 1. The van der Waals surface area contributed by atoms with Gasteiger partial charge >= 0.3 is 0 Å². The number of halogens is 2. The van der Waals surface area contributed by atoms with Gasteiger partial charge in [-0.25, -0.2) is 4.39 Å². The van der Waals surface area contributed by atoms with Crippen LogP contribution < -0.4 is 10.5 Å². The zero-order valence-electron chi connectivity index (χ0n) is 10.2. The average Bonchev–Trinajstić information content (AvgIpc) is 2.41. The number of rotatable bonds is 4. The van der Waals surface area contributed by atoms with E-state index in [1.807, 2.05) is 0 Å². The maximum Gasteiger partial charge on any atom is 0.292 e. The van der Waals surface area contributed by atoms with Crippen LogP contribution in [0, 0.1) is 15.9 Å². The molecule has 0 saturated carbocycles. The Balaban J connectivity index is 2.17. The smallest absolute Gasteiger partial charge is 0.292 e. The van der Waals surface area contributed by atoms with Crippen molar-refractivity contribution in [2.24, 2.45) is 0 Å². The maximum absolute atomic E-state index is 13.1. The summed E-state index contributed by atoms with van der Waals surface area (Å²) in [5, 5.41) is 10.8. The van der Waals surface area contributed by atoms with Gasteiger partial charge in [-0.15, -0.1) is 0 Å².